The summed E-state index contributed by atoms with van der Waals surface area (Å²) in [5, 5.41) is 6.64. The molecule has 0 atom stereocenters. The van der Waals surface area contributed by atoms with Crippen LogP contribution in [0.4, 0.5) is 10.1 Å². The van der Waals surface area contributed by atoms with Crippen LogP contribution in [-0.4, -0.2) is 15.7 Å². The molecule has 2 aromatic rings. The normalized spacial score (nSPS) is 10.4. The molecule has 0 radical (unpaired) electrons. The van der Waals surface area contributed by atoms with Crippen LogP contribution in [0.1, 0.15) is 10.5 Å². The summed E-state index contributed by atoms with van der Waals surface area (Å²) < 4.78 is 15.5. The third kappa shape index (κ3) is 2.78. The molecule has 7 heteroatoms. The molecule has 1 N–H and O–H groups in total. The summed E-state index contributed by atoms with van der Waals surface area (Å²) >= 11 is 6.39. The van der Waals surface area contributed by atoms with Crippen molar-refractivity contribution >= 4 is 43.5 Å². The van der Waals surface area contributed by atoms with Gasteiger partial charge in [-0.25, -0.2) is 4.39 Å². The Bertz CT molecular complexity index is 589. The molecule has 0 aliphatic rings. The van der Waals surface area contributed by atoms with Gasteiger partial charge in [-0.2, -0.15) is 5.10 Å². The Balaban J connectivity index is 2.27. The van der Waals surface area contributed by atoms with Crippen LogP contribution in [0, 0.1) is 5.82 Å². The molecule has 0 saturated carbocycles. The van der Waals surface area contributed by atoms with E-state index < -0.39 is 5.82 Å². The molecule has 1 heterocycles. The predicted molar refractivity (Wildman–Crippen MR) is 73.0 cm³/mol. The standard InChI is InChI=1S/C11H8Br2FN3O/c1-17-3-2-9(16-17)11(18)15-10-7(12)4-6(14)5-8(10)13/h2-5H,1H3,(H,15,18). The topological polar surface area (TPSA) is 46.9 Å². The van der Waals surface area contributed by atoms with Gasteiger partial charge in [-0.05, 0) is 50.1 Å². The largest absolute Gasteiger partial charge is 0.319 e. The summed E-state index contributed by atoms with van der Waals surface area (Å²) in [4.78, 5) is 11.9. The quantitative estimate of drug-likeness (QED) is 0.873. The number of nitrogens with zero attached hydrogens (tertiary/aromatic N) is 2. The fraction of sp³-hybridized carbons (Fsp3) is 0.0909. The molecule has 94 valence electrons. The predicted octanol–water partition coefficient (Wildman–Crippen LogP) is 3.34. The van der Waals surface area contributed by atoms with E-state index in [1.165, 1.54) is 16.8 Å². The maximum Gasteiger partial charge on any atom is 0.276 e. The first-order chi connectivity index (χ1) is 8.47. The Morgan fingerprint density at radius 3 is 2.50 bits per heavy atom. The van der Waals surface area contributed by atoms with Gasteiger partial charge in [-0.1, -0.05) is 0 Å². The van der Waals surface area contributed by atoms with Gasteiger partial charge in [0.2, 0.25) is 0 Å². The van der Waals surface area contributed by atoms with Crippen molar-refractivity contribution in [1.82, 2.24) is 9.78 Å². The number of nitrogens with one attached hydrogen (secondary N) is 1. The number of aryl methyl sites for hydroxylation is 1. The molecule has 2 rings (SSSR count). The van der Waals surface area contributed by atoms with E-state index in [9.17, 15) is 9.18 Å². The van der Waals surface area contributed by atoms with E-state index in [0.717, 1.165) is 0 Å². The van der Waals surface area contributed by atoms with Gasteiger partial charge in [0.15, 0.2) is 5.69 Å². The Morgan fingerprint density at radius 1 is 1.39 bits per heavy atom. The third-order valence-corrected chi connectivity index (χ3v) is 3.44. The monoisotopic (exact) mass is 375 g/mol. The summed E-state index contributed by atoms with van der Waals surface area (Å²) in [6, 6.07) is 4.15. The molecule has 0 bridgehead atoms. The number of carbonyl (C=O) groups excluding carboxylic acids is 1. The van der Waals surface area contributed by atoms with Crippen LogP contribution >= 0.6 is 31.9 Å². The van der Waals surface area contributed by atoms with E-state index in [1.54, 1.807) is 19.3 Å². The highest BCUT2D eigenvalue weighted by atomic mass is 79.9. The van der Waals surface area contributed by atoms with Crippen molar-refractivity contribution in [3.63, 3.8) is 0 Å². The lowest BCUT2D eigenvalue weighted by Crippen LogP contribution is -2.14. The molecular formula is C11H8Br2FN3O. The van der Waals surface area contributed by atoms with E-state index in [1.807, 2.05) is 0 Å². The molecule has 0 fully saturated rings. The van der Waals surface area contributed by atoms with Crippen LogP contribution in [-0.2, 0) is 7.05 Å². The number of benzene rings is 1. The molecule has 0 spiro atoms. The number of rotatable bonds is 2. The number of anilines is 1. The Hall–Kier alpha value is -1.21. The van der Waals surface area contributed by atoms with Crippen LogP contribution in [0.25, 0.3) is 0 Å². The highest BCUT2D eigenvalue weighted by Gasteiger charge is 2.14. The van der Waals surface area contributed by atoms with Crippen molar-refractivity contribution in [1.29, 1.82) is 0 Å². The van der Waals surface area contributed by atoms with Gasteiger partial charge in [0.1, 0.15) is 5.82 Å². The average molecular weight is 377 g/mol. The summed E-state index contributed by atoms with van der Waals surface area (Å²) in [5.74, 6) is -0.756. The van der Waals surface area contributed by atoms with Crippen molar-refractivity contribution in [2.45, 2.75) is 0 Å². The van der Waals surface area contributed by atoms with E-state index in [2.05, 4.69) is 42.3 Å². The number of halogens is 3. The van der Waals surface area contributed by atoms with Gasteiger partial charge in [-0.3, -0.25) is 9.48 Å². The zero-order valence-corrected chi connectivity index (χ0v) is 12.4. The van der Waals surface area contributed by atoms with Crippen molar-refractivity contribution in [3.8, 4) is 0 Å². The number of amides is 1. The van der Waals surface area contributed by atoms with E-state index >= 15 is 0 Å². The minimum Gasteiger partial charge on any atom is -0.319 e. The van der Waals surface area contributed by atoms with Crippen molar-refractivity contribution in [2.24, 2.45) is 7.05 Å². The molecule has 0 aliphatic heterocycles. The fourth-order valence-corrected chi connectivity index (χ4v) is 2.70. The fourth-order valence-electron chi connectivity index (χ4n) is 1.38. The second-order valence-electron chi connectivity index (χ2n) is 3.57. The smallest absolute Gasteiger partial charge is 0.276 e. The number of aromatic nitrogens is 2. The maximum absolute atomic E-state index is 13.1. The van der Waals surface area contributed by atoms with Gasteiger partial charge in [-0.15, -0.1) is 0 Å². The number of hydrogen-bond acceptors (Lipinski definition) is 2. The maximum atomic E-state index is 13.1. The Labute approximate surface area is 119 Å². The van der Waals surface area contributed by atoms with E-state index in [4.69, 9.17) is 0 Å². The minimum absolute atomic E-state index is 0.292. The number of hydrogen-bond donors (Lipinski definition) is 1. The molecule has 0 saturated heterocycles. The summed E-state index contributed by atoms with van der Waals surface area (Å²) in [6.45, 7) is 0. The summed E-state index contributed by atoms with van der Waals surface area (Å²) in [6.07, 6.45) is 1.67. The molecule has 1 aromatic heterocycles. The first-order valence-electron chi connectivity index (χ1n) is 4.93. The SMILES string of the molecule is Cn1ccc(C(=O)Nc2c(Br)cc(F)cc2Br)n1. The molecule has 0 unspecified atom stereocenters. The molecular weight excluding hydrogens is 369 g/mol. The van der Waals surface area contributed by atoms with Crippen LogP contribution < -0.4 is 5.32 Å². The second kappa shape index (κ2) is 5.19. The molecule has 1 aromatic carbocycles. The van der Waals surface area contributed by atoms with Crippen LogP contribution in [0.2, 0.25) is 0 Å². The molecule has 4 nitrogen and oxygen atoms in total. The summed E-state index contributed by atoms with van der Waals surface area (Å²) in [5.41, 5.74) is 0.757. The Morgan fingerprint density at radius 2 is 2.00 bits per heavy atom. The van der Waals surface area contributed by atoms with Gasteiger partial charge in [0.25, 0.3) is 5.91 Å². The first kappa shape index (κ1) is 13.2. The van der Waals surface area contributed by atoms with Crippen molar-refractivity contribution in [2.75, 3.05) is 5.32 Å². The van der Waals surface area contributed by atoms with E-state index in [-0.39, 0.29) is 5.91 Å². The lowest BCUT2D eigenvalue weighted by Gasteiger charge is -2.08. The van der Waals surface area contributed by atoms with Gasteiger partial charge < -0.3 is 5.32 Å². The van der Waals surface area contributed by atoms with Gasteiger partial charge in [0, 0.05) is 22.2 Å². The Kier molecular flexibility index (Phi) is 3.82. The molecule has 18 heavy (non-hydrogen) atoms. The third-order valence-electron chi connectivity index (χ3n) is 2.19. The summed E-state index contributed by atoms with van der Waals surface area (Å²) in [7, 11) is 1.72. The van der Waals surface area contributed by atoms with Crippen molar-refractivity contribution < 1.29 is 9.18 Å². The minimum atomic E-state index is -0.399. The molecule has 0 aliphatic carbocycles. The number of carbonyl (C=O) groups is 1. The zero-order chi connectivity index (χ0) is 13.3. The van der Waals surface area contributed by atoms with E-state index in [0.29, 0.717) is 20.3 Å². The van der Waals surface area contributed by atoms with Crippen molar-refractivity contribution in [3.05, 3.63) is 44.9 Å². The van der Waals surface area contributed by atoms with Crippen LogP contribution in [0.3, 0.4) is 0 Å². The lowest BCUT2D eigenvalue weighted by atomic mass is 10.3. The van der Waals surface area contributed by atoms with Gasteiger partial charge in [0.05, 0.1) is 5.69 Å². The highest BCUT2D eigenvalue weighted by molar-refractivity contribution is 9.11. The van der Waals surface area contributed by atoms with Crippen LogP contribution in [0.15, 0.2) is 33.3 Å². The highest BCUT2D eigenvalue weighted by Crippen LogP contribution is 2.32. The first-order valence-corrected chi connectivity index (χ1v) is 6.51. The average Bonchev–Trinajstić information content (AvgIpc) is 2.70. The van der Waals surface area contributed by atoms with Crippen LogP contribution in [0.5, 0.6) is 0 Å². The zero-order valence-electron chi connectivity index (χ0n) is 9.25. The van der Waals surface area contributed by atoms with Gasteiger partial charge >= 0.3 is 0 Å². The second-order valence-corrected chi connectivity index (χ2v) is 5.28. The molecule has 1 amide bonds. The lowest BCUT2D eigenvalue weighted by molar-refractivity contribution is 0.102.